The fourth-order valence-corrected chi connectivity index (χ4v) is 4.79. The molecule has 1 aromatic rings. The van der Waals surface area contributed by atoms with Crippen LogP contribution in [0.15, 0.2) is 23.1 Å². The Morgan fingerprint density at radius 2 is 1.68 bits per heavy atom. The second-order valence-corrected chi connectivity index (χ2v) is 9.46. The normalized spacial score (nSPS) is 16.7. The molecule has 1 aromatic carbocycles. The maximum Gasteiger partial charge on any atom is 0.243 e. The van der Waals surface area contributed by atoms with E-state index in [1.54, 1.807) is 11.0 Å². The molecule has 0 aliphatic carbocycles. The van der Waals surface area contributed by atoms with Crippen LogP contribution < -0.4 is 0 Å². The molecule has 140 valence electrons. The number of sulfonamides is 1. The zero-order valence-electron chi connectivity index (χ0n) is 15.9. The molecule has 1 amide bonds. The van der Waals surface area contributed by atoms with Crippen LogP contribution in [0.4, 0.5) is 0 Å². The Bertz CT molecular complexity index is 718. The molecule has 0 N–H and O–H groups in total. The van der Waals surface area contributed by atoms with E-state index in [1.165, 1.54) is 16.8 Å². The van der Waals surface area contributed by atoms with E-state index in [4.69, 9.17) is 0 Å². The fraction of sp³-hybridized carbons (Fsp3) is 0.632. The molecule has 0 atom stereocenters. The molecule has 5 nitrogen and oxygen atoms in total. The zero-order chi connectivity index (χ0) is 18.8. The molecule has 1 aliphatic heterocycles. The van der Waals surface area contributed by atoms with Gasteiger partial charge in [0, 0.05) is 33.1 Å². The van der Waals surface area contributed by atoms with Gasteiger partial charge in [0.1, 0.15) is 0 Å². The van der Waals surface area contributed by atoms with Gasteiger partial charge >= 0.3 is 0 Å². The lowest BCUT2D eigenvalue weighted by Gasteiger charge is -2.33. The SMILES string of the molecule is CC(=O)N1CCN(S(=O)(=O)c2ccc(C(C)C)c(CC(C)C)c2)CC1. The number of carbonyl (C=O) groups is 1. The van der Waals surface area contributed by atoms with Crippen molar-refractivity contribution in [2.45, 2.75) is 51.9 Å². The van der Waals surface area contributed by atoms with Crippen LogP contribution in [0.1, 0.15) is 51.7 Å². The van der Waals surface area contributed by atoms with Crippen LogP contribution in [0.5, 0.6) is 0 Å². The highest BCUT2D eigenvalue weighted by Crippen LogP contribution is 2.27. The lowest BCUT2D eigenvalue weighted by molar-refractivity contribution is -0.129. The van der Waals surface area contributed by atoms with Gasteiger partial charge in [-0.15, -0.1) is 0 Å². The van der Waals surface area contributed by atoms with Gasteiger partial charge in [0.2, 0.25) is 15.9 Å². The number of nitrogens with zero attached hydrogens (tertiary/aromatic N) is 2. The van der Waals surface area contributed by atoms with Crippen molar-refractivity contribution in [3.05, 3.63) is 29.3 Å². The van der Waals surface area contributed by atoms with Crippen LogP contribution >= 0.6 is 0 Å². The molecule has 0 saturated carbocycles. The topological polar surface area (TPSA) is 57.7 Å². The van der Waals surface area contributed by atoms with E-state index in [2.05, 4.69) is 27.7 Å². The summed E-state index contributed by atoms with van der Waals surface area (Å²) >= 11 is 0. The first-order valence-electron chi connectivity index (χ1n) is 9.01. The van der Waals surface area contributed by atoms with Gasteiger partial charge in [-0.3, -0.25) is 4.79 Å². The maximum atomic E-state index is 13.0. The summed E-state index contributed by atoms with van der Waals surface area (Å²) < 4.78 is 27.5. The summed E-state index contributed by atoms with van der Waals surface area (Å²) in [5, 5.41) is 0. The molecule has 1 saturated heterocycles. The van der Waals surface area contributed by atoms with E-state index in [0.717, 1.165) is 12.0 Å². The number of amides is 1. The fourth-order valence-electron chi connectivity index (χ4n) is 3.31. The van der Waals surface area contributed by atoms with E-state index in [1.807, 2.05) is 12.1 Å². The Balaban J connectivity index is 2.29. The first kappa shape index (κ1) is 19.9. The molecule has 0 unspecified atom stereocenters. The third-order valence-electron chi connectivity index (χ3n) is 4.69. The van der Waals surface area contributed by atoms with Crippen molar-refractivity contribution in [2.75, 3.05) is 26.2 Å². The molecule has 0 radical (unpaired) electrons. The highest BCUT2D eigenvalue weighted by molar-refractivity contribution is 7.89. The van der Waals surface area contributed by atoms with Gasteiger partial charge in [0.25, 0.3) is 0 Å². The number of piperazine rings is 1. The number of carbonyl (C=O) groups excluding carboxylic acids is 1. The molecule has 0 bridgehead atoms. The number of benzene rings is 1. The molecule has 1 fully saturated rings. The molecular formula is C19H30N2O3S. The van der Waals surface area contributed by atoms with Gasteiger partial charge in [-0.05, 0) is 41.5 Å². The average molecular weight is 367 g/mol. The van der Waals surface area contributed by atoms with Crippen molar-refractivity contribution in [3.8, 4) is 0 Å². The molecule has 6 heteroatoms. The van der Waals surface area contributed by atoms with Gasteiger partial charge in [-0.1, -0.05) is 33.8 Å². The lowest BCUT2D eigenvalue weighted by Crippen LogP contribution is -2.49. The number of rotatable bonds is 5. The lowest BCUT2D eigenvalue weighted by atomic mass is 9.92. The molecule has 25 heavy (non-hydrogen) atoms. The van der Waals surface area contributed by atoms with Crippen molar-refractivity contribution >= 4 is 15.9 Å². The Kier molecular flexibility index (Phi) is 6.27. The Labute approximate surface area is 152 Å². The minimum absolute atomic E-state index is 0.00226. The summed E-state index contributed by atoms with van der Waals surface area (Å²) in [5.74, 6) is 0.830. The van der Waals surface area contributed by atoms with E-state index >= 15 is 0 Å². The van der Waals surface area contributed by atoms with Crippen molar-refractivity contribution in [2.24, 2.45) is 5.92 Å². The molecular weight excluding hydrogens is 336 g/mol. The highest BCUT2D eigenvalue weighted by Gasteiger charge is 2.29. The first-order chi connectivity index (χ1) is 11.6. The average Bonchev–Trinajstić information content (AvgIpc) is 2.54. The number of hydrogen-bond acceptors (Lipinski definition) is 3. The van der Waals surface area contributed by atoms with E-state index < -0.39 is 10.0 Å². The Hall–Kier alpha value is -1.40. The second-order valence-electron chi connectivity index (χ2n) is 7.52. The second kappa shape index (κ2) is 7.87. The van der Waals surface area contributed by atoms with Gasteiger partial charge in [0.15, 0.2) is 0 Å². The molecule has 1 aliphatic rings. The third kappa shape index (κ3) is 4.61. The molecule has 1 heterocycles. The summed E-state index contributed by atoms with van der Waals surface area (Å²) in [4.78, 5) is 13.5. The minimum Gasteiger partial charge on any atom is -0.340 e. The molecule has 0 spiro atoms. The predicted octanol–water partition coefficient (Wildman–Crippen LogP) is 2.86. The van der Waals surface area contributed by atoms with Crippen LogP contribution in [-0.2, 0) is 21.2 Å². The molecule has 0 aromatic heterocycles. The van der Waals surface area contributed by atoms with E-state index in [0.29, 0.717) is 42.9 Å². The van der Waals surface area contributed by atoms with E-state index in [9.17, 15) is 13.2 Å². The largest absolute Gasteiger partial charge is 0.340 e. The monoisotopic (exact) mass is 366 g/mol. The Morgan fingerprint density at radius 3 is 2.16 bits per heavy atom. The summed E-state index contributed by atoms with van der Waals surface area (Å²) in [5.41, 5.74) is 2.34. The maximum absolute atomic E-state index is 13.0. The van der Waals surface area contributed by atoms with Crippen molar-refractivity contribution in [1.82, 2.24) is 9.21 Å². The van der Waals surface area contributed by atoms with Gasteiger partial charge < -0.3 is 4.90 Å². The minimum atomic E-state index is -3.52. The zero-order valence-corrected chi connectivity index (χ0v) is 16.8. The van der Waals surface area contributed by atoms with Crippen molar-refractivity contribution < 1.29 is 13.2 Å². The predicted molar refractivity (Wildman–Crippen MR) is 100 cm³/mol. The van der Waals surface area contributed by atoms with Gasteiger partial charge in [0.05, 0.1) is 4.90 Å². The summed E-state index contributed by atoms with van der Waals surface area (Å²) in [7, 11) is -3.52. The van der Waals surface area contributed by atoms with Crippen LogP contribution in [-0.4, -0.2) is 49.7 Å². The highest BCUT2D eigenvalue weighted by atomic mass is 32.2. The Morgan fingerprint density at radius 1 is 1.08 bits per heavy atom. The first-order valence-corrected chi connectivity index (χ1v) is 10.5. The van der Waals surface area contributed by atoms with Crippen LogP contribution in [0.25, 0.3) is 0 Å². The summed E-state index contributed by atoms with van der Waals surface area (Å²) in [6.45, 7) is 11.7. The number of hydrogen-bond donors (Lipinski definition) is 0. The third-order valence-corrected chi connectivity index (χ3v) is 6.58. The van der Waals surface area contributed by atoms with Crippen molar-refractivity contribution in [3.63, 3.8) is 0 Å². The standard InChI is InChI=1S/C19H30N2O3S/c1-14(2)12-17-13-18(6-7-19(17)15(3)4)25(23,24)21-10-8-20(9-11-21)16(5)22/h6-7,13-15H,8-12H2,1-5H3. The van der Waals surface area contributed by atoms with Crippen LogP contribution in [0.2, 0.25) is 0 Å². The smallest absolute Gasteiger partial charge is 0.243 e. The van der Waals surface area contributed by atoms with Crippen LogP contribution in [0, 0.1) is 5.92 Å². The van der Waals surface area contributed by atoms with Crippen LogP contribution in [0.3, 0.4) is 0 Å². The quantitative estimate of drug-likeness (QED) is 0.805. The van der Waals surface area contributed by atoms with Gasteiger partial charge in [-0.25, -0.2) is 8.42 Å². The summed E-state index contributed by atoms with van der Waals surface area (Å²) in [6.07, 6.45) is 0.870. The van der Waals surface area contributed by atoms with Gasteiger partial charge in [-0.2, -0.15) is 4.31 Å². The van der Waals surface area contributed by atoms with E-state index in [-0.39, 0.29) is 5.91 Å². The van der Waals surface area contributed by atoms with Crippen molar-refractivity contribution in [1.29, 1.82) is 0 Å². The summed E-state index contributed by atoms with van der Waals surface area (Å²) in [6, 6.07) is 5.54. The molecule has 2 rings (SSSR count).